The van der Waals surface area contributed by atoms with Crippen molar-refractivity contribution in [2.75, 3.05) is 25.5 Å². The van der Waals surface area contributed by atoms with Gasteiger partial charge in [0.2, 0.25) is 0 Å². The van der Waals surface area contributed by atoms with E-state index in [4.69, 9.17) is 11.5 Å². The molecule has 3 aliphatic carbocycles. The highest BCUT2D eigenvalue weighted by Crippen LogP contribution is 2.50. The van der Waals surface area contributed by atoms with Crippen LogP contribution in [0.3, 0.4) is 0 Å². The summed E-state index contributed by atoms with van der Waals surface area (Å²) >= 11 is 0. The monoisotopic (exact) mass is 464 g/mol. The fourth-order valence-electron chi connectivity index (χ4n) is 5.30. The molecule has 2 fully saturated rings. The van der Waals surface area contributed by atoms with Crippen LogP contribution in [0.5, 0.6) is 5.75 Å². The Morgan fingerprint density at radius 1 is 1.26 bits per heavy atom. The Morgan fingerprint density at radius 2 is 1.91 bits per heavy atom. The molecule has 0 aromatic heterocycles. The molecule has 0 amide bonds. The standard InChI is InChI=1S/C21H27N5O.C6H13N/c1-20(2)10-14-13(17(24-3)16(20)19(23)25-4)6-7-15(27)18(14)26(5)12-21(11-22)8-9-21;7-6-4-2-1-3-5-6/h6-7,27H,3,8-10,12H2,1-2,4-5H3,(H2,23,25);6H,1-5,7H2. The quantitative estimate of drug-likeness (QED) is 0.440. The number of nitrogens with zero attached hydrogens (tertiary/aromatic N) is 4. The molecule has 4 rings (SSSR count). The van der Waals surface area contributed by atoms with E-state index in [-0.39, 0.29) is 16.6 Å². The van der Waals surface area contributed by atoms with Gasteiger partial charge in [-0.1, -0.05) is 33.1 Å². The molecule has 0 unspecified atom stereocenters. The summed E-state index contributed by atoms with van der Waals surface area (Å²) in [6.45, 7) is 8.55. The van der Waals surface area contributed by atoms with Crippen molar-refractivity contribution in [2.45, 2.75) is 71.3 Å². The SMILES string of the molecule is C=NC1=C(C(N)=NC)C(C)(C)Cc2c1ccc(O)c2N(C)CC1(C#N)CC1.NC1CCCCC1. The third kappa shape index (κ3) is 5.28. The van der Waals surface area contributed by atoms with Crippen LogP contribution in [0, 0.1) is 22.2 Å². The molecule has 1 aromatic carbocycles. The van der Waals surface area contributed by atoms with Crippen LogP contribution in [-0.4, -0.2) is 44.3 Å². The highest BCUT2D eigenvalue weighted by Gasteiger charge is 2.45. The van der Waals surface area contributed by atoms with Gasteiger partial charge in [0, 0.05) is 37.8 Å². The number of benzene rings is 1. The normalized spacial score (nSPS) is 21.0. The molecule has 0 saturated heterocycles. The number of fused-ring (bicyclic) bond motifs is 1. The fourth-order valence-corrected chi connectivity index (χ4v) is 5.30. The molecule has 0 atom stereocenters. The average Bonchev–Trinajstić information content (AvgIpc) is 3.57. The lowest BCUT2D eigenvalue weighted by molar-refractivity contribution is 0.441. The summed E-state index contributed by atoms with van der Waals surface area (Å²) in [6.07, 6.45) is 9.15. The van der Waals surface area contributed by atoms with Crippen molar-refractivity contribution in [2.24, 2.45) is 32.3 Å². The molecule has 0 spiro atoms. The van der Waals surface area contributed by atoms with Gasteiger partial charge < -0.3 is 21.5 Å². The number of amidine groups is 1. The molecule has 2 saturated carbocycles. The second-order valence-corrected chi connectivity index (χ2v) is 10.7. The van der Waals surface area contributed by atoms with Crippen LogP contribution in [0.25, 0.3) is 5.70 Å². The molecular weight excluding hydrogens is 424 g/mol. The van der Waals surface area contributed by atoms with E-state index in [0.29, 0.717) is 30.5 Å². The summed E-state index contributed by atoms with van der Waals surface area (Å²) in [5, 5.41) is 20.1. The lowest BCUT2D eigenvalue weighted by Gasteiger charge is -2.37. The fraction of sp³-hybridized carbons (Fsp3) is 0.593. The molecule has 0 aliphatic heterocycles. The number of aliphatic imine (C=N–C) groups is 2. The minimum atomic E-state index is -0.316. The van der Waals surface area contributed by atoms with E-state index < -0.39 is 0 Å². The Morgan fingerprint density at radius 3 is 2.38 bits per heavy atom. The van der Waals surface area contributed by atoms with E-state index in [2.05, 4.69) is 36.6 Å². The topological polar surface area (TPSA) is 124 Å². The Hall–Kier alpha value is -2.85. The van der Waals surface area contributed by atoms with Gasteiger partial charge in [-0.3, -0.25) is 9.98 Å². The smallest absolute Gasteiger partial charge is 0.139 e. The number of phenolic OH excluding ortho intramolecular Hbond substituents is 1. The Bertz CT molecular complexity index is 1020. The lowest BCUT2D eigenvalue weighted by atomic mass is 9.70. The zero-order valence-corrected chi connectivity index (χ0v) is 21.2. The van der Waals surface area contributed by atoms with Crippen LogP contribution in [0.2, 0.25) is 0 Å². The first-order chi connectivity index (χ1) is 16.1. The predicted molar refractivity (Wildman–Crippen MR) is 141 cm³/mol. The number of anilines is 1. The summed E-state index contributed by atoms with van der Waals surface area (Å²) in [6, 6.07) is 6.50. The van der Waals surface area contributed by atoms with Crippen molar-refractivity contribution in [3.63, 3.8) is 0 Å². The highest BCUT2D eigenvalue weighted by atomic mass is 16.3. The summed E-state index contributed by atoms with van der Waals surface area (Å²) in [4.78, 5) is 10.5. The minimum absolute atomic E-state index is 0.213. The number of hydrogen-bond acceptors (Lipinski definition) is 6. The molecule has 1 aromatic rings. The molecule has 184 valence electrons. The van der Waals surface area contributed by atoms with Gasteiger partial charge in [0.25, 0.3) is 0 Å². The second kappa shape index (κ2) is 10.2. The summed E-state index contributed by atoms with van der Waals surface area (Å²) in [5.41, 5.74) is 15.5. The van der Waals surface area contributed by atoms with Crippen LogP contribution in [0.4, 0.5) is 5.69 Å². The predicted octanol–water partition coefficient (Wildman–Crippen LogP) is 4.39. The van der Waals surface area contributed by atoms with Crippen molar-refractivity contribution in [3.8, 4) is 11.8 Å². The molecule has 0 heterocycles. The first-order valence-electron chi connectivity index (χ1n) is 12.3. The van der Waals surface area contributed by atoms with E-state index in [1.165, 1.54) is 32.1 Å². The summed E-state index contributed by atoms with van der Waals surface area (Å²) in [7, 11) is 3.60. The largest absolute Gasteiger partial charge is 0.506 e. The van der Waals surface area contributed by atoms with Gasteiger partial charge in [-0.25, -0.2) is 0 Å². The van der Waals surface area contributed by atoms with Gasteiger partial charge in [-0.2, -0.15) is 5.26 Å². The third-order valence-corrected chi connectivity index (χ3v) is 7.37. The molecular formula is C27H40N6O. The van der Waals surface area contributed by atoms with E-state index >= 15 is 0 Å². The number of rotatable bonds is 5. The van der Waals surface area contributed by atoms with Crippen molar-refractivity contribution in [1.29, 1.82) is 5.26 Å². The van der Waals surface area contributed by atoms with E-state index in [1.54, 1.807) is 13.1 Å². The average molecular weight is 465 g/mol. The number of hydrogen-bond donors (Lipinski definition) is 3. The highest BCUT2D eigenvalue weighted by molar-refractivity contribution is 6.06. The Kier molecular flexibility index (Phi) is 7.72. The molecule has 34 heavy (non-hydrogen) atoms. The van der Waals surface area contributed by atoms with Crippen molar-refractivity contribution in [1.82, 2.24) is 0 Å². The molecule has 3 aliphatic rings. The van der Waals surface area contributed by atoms with Crippen LogP contribution in [0.1, 0.15) is 69.9 Å². The van der Waals surface area contributed by atoms with Gasteiger partial charge in [-0.15, -0.1) is 0 Å². The van der Waals surface area contributed by atoms with E-state index in [0.717, 1.165) is 35.2 Å². The van der Waals surface area contributed by atoms with Gasteiger partial charge in [0.1, 0.15) is 11.6 Å². The summed E-state index contributed by atoms with van der Waals surface area (Å²) in [5.74, 6) is 0.669. The Labute approximate surface area is 204 Å². The number of aromatic hydroxyl groups is 1. The van der Waals surface area contributed by atoms with E-state index in [1.807, 2.05) is 18.0 Å². The van der Waals surface area contributed by atoms with Crippen molar-refractivity contribution in [3.05, 3.63) is 28.8 Å². The van der Waals surface area contributed by atoms with Crippen LogP contribution in [-0.2, 0) is 6.42 Å². The van der Waals surface area contributed by atoms with Crippen LogP contribution < -0.4 is 16.4 Å². The lowest BCUT2D eigenvalue weighted by Crippen LogP contribution is -2.34. The number of nitriles is 1. The van der Waals surface area contributed by atoms with Gasteiger partial charge in [0.05, 0.1) is 22.9 Å². The van der Waals surface area contributed by atoms with Gasteiger partial charge in [0.15, 0.2) is 0 Å². The summed E-state index contributed by atoms with van der Waals surface area (Å²) < 4.78 is 0. The molecule has 0 radical (unpaired) electrons. The van der Waals surface area contributed by atoms with E-state index in [9.17, 15) is 10.4 Å². The van der Waals surface area contributed by atoms with Gasteiger partial charge in [-0.05, 0) is 61.9 Å². The molecule has 7 nitrogen and oxygen atoms in total. The first kappa shape index (κ1) is 25.8. The Balaban J connectivity index is 0.000000396. The van der Waals surface area contributed by atoms with Crippen molar-refractivity contribution < 1.29 is 5.11 Å². The molecule has 7 heteroatoms. The van der Waals surface area contributed by atoms with Gasteiger partial charge >= 0.3 is 0 Å². The molecule has 0 bridgehead atoms. The minimum Gasteiger partial charge on any atom is -0.506 e. The maximum Gasteiger partial charge on any atom is 0.139 e. The zero-order valence-electron chi connectivity index (χ0n) is 21.2. The van der Waals surface area contributed by atoms with Crippen LogP contribution in [0.15, 0.2) is 27.7 Å². The maximum atomic E-state index is 10.6. The first-order valence-corrected chi connectivity index (χ1v) is 12.3. The molecule has 5 N–H and O–H groups in total. The maximum absolute atomic E-state index is 10.6. The zero-order chi connectivity index (χ0) is 25.1. The number of phenols is 1. The van der Waals surface area contributed by atoms with Crippen LogP contribution >= 0.6 is 0 Å². The number of nitrogens with two attached hydrogens (primary N) is 2. The second-order valence-electron chi connectivity index (χ2n) is 10.7. The van der Waals surface area contributed by atoms with Crippen molar-refractivity contribution >= 4 is 23.9 Å². The third-order valence-electron chi connectivity index (χ3n) is 7.37.